The molecule has 10 heteroatoms. The monoisotopic (exact) mass is 527 g/mol. The van der Waals surface area contributed by atoms with Crippen LogP contribution in [0.3, 0.4) is 0 Å². The number of nitrogens with two attached hydrogens (primary N) is 1. The van der Waals surface area contributed by atoms with E-state index in [4.69, 9.17) is 19.7 Å². The zero-order chi connectivity index (χ0) is 26.4. The number of benzene rings is 2. The second-order valence-corrected chi connectivity index (χ2v) is 10.3. The summed E-state index contributed by atoms with van der Waals surface area (Å²) in [6, 6.07) is 11.2. The number of halogens is 3. The minimum atomic E-state index is -2.96. The number of hydrogen-bond acceptors (Lipinski definition) is 6. The molecule has 1 saturated carbocycles. The maximum atomic E-state index is 14.9. The highest BCUT2D eigenvalue weighted by atomic mass is 19.3. The smallest absolute Gasteiger partial charge is 0.387 e. The lowest BCUT2D eigenvalue weighted by Crippen LogP contribution is -2.46. The first kappa shape index (κ1) is 24.8. The third-order valence-corrected chi connectivity index (χ3v) is 7.79. The number of anilines is 1. The summed E-state index contributed by atoms with van der Waals surface area (Å²) >= 11 is 0. The van der Waals surface area contributed by atoms with Crippen LogP contribution in [0.25, 0.3) is 11.3 Å². The molecule has 0 radical (unpaired) electrons. The van der Waals surface area contributed by atoms with Crippen molar-refractivity contribution < 1.29 is 32.0 Å². The molecule has 38 heavy (non-hydrogen) atoms. The zero-order valence-corrected chi connectivity index (χ0v) is 20.6. The lowest BCUT2D eigenvalue weighted by molar-refractivity contribution is -0.0494. The van der Waals surface area contributed by atoms with Crippen LogP contribution in [0.15, 0.2) is 47.0 Å². The number of para-hydroxylation sites is 1. The van der Waals surface area contributed by atoms with E-state index >= 15 is 0 Å². The molecule has 2 N–H and O–H groups in total. The quantitative estimate of drug-likeness (QED) is 0.380. The van der Waals surface area contributed by atoms with Gasteiger partial charge >= 0.3 is 6.61 Å². The number of fused-ring (bicyclic) bond motifs is 2. The van der Waals surface area contributed by atoms with Gasteiger partial charge in [-0.05, 0) is 68.9 Å². The van der Waals surface area contributed by atoms with Crippen LogP contribution in [0, 0.1) is 5.82 Å². The van der Waals surface area contributed by atoms with Gasteiger partial charge in [0.25, 0.3) is 0 Å². The first-order chi connectivity index (χ1) is 18.4. The van der Waals surface area contributed by atoms with Gasteiger partial charge < -0.3 is 24.6 Å². The lowest BCUT2D eigenvalue weighted by atomic mass is 9.98. The summed E-state index contributed by atoms with van der Waals surface area (Å²) in [5.41, 5.74) is 7.58. The van der Waals surface area contributed by atoms with Crippen LogP contribution in [0.5, 0.6) is 5.75 Å². The number of amides is 1. The average Bonchev–Trinajstić information content (AvgIpc) is 3.59. The van der Waals surface area contributed by atoms with Crippen LogP contribution >= 0.6 is 0 Å². The van der Waals surface area contributed by atoms with E-state index in [9.17, 15) is 18.0 Å². The van der Waals surface area contributed by atoms with Crippen molar-refractivity contribution in [2.24, 2.45) is 5.73 Å². The van der Waals surface area contributed by atoms with Crippen LogP contribution in [-0.2, 0) is 11.3 Å². The predicted molar refractivity (Wildman–Crippen MR) is 133 cm³/mol. The van der Waals surface area contributed by atoms with E-state index in [2.05, 4.69) is 10.1 Å². The Morgan fingerprint density at radius 3 is 2.50 bits per heavy atom. The van der Waals surface area contributed by atoms with E-state index in [-0.39, 0.29) is 42.0 Å². The molecule has 2 aromatic carbocycles. The van der Waals surface area contributed by atoms with E-state index in [1.54, 1.807) is 30.3 Å². The topological polar surface area (TPSA) is 90.8 Å². The fourth-order valence-electron chi connectivity index (χ4n) is 5.93. The van der Waals surface area contributed by atoms with Crippen molar-refractivity contribution in [3.8, 4) is 17.0 Å². The lowest BCUT2D eigenvalue weighted by Gasteiger charge is -2.40. The fraction of sp³-hybridized carbons (Fsp3) is 0.429. The molecule has 3 fully saturated rings. The van der Waals surface area contributed by atoms with Gasteiger partial charge in [-0.2, -0.15) is 8.78 Å². The fourth-order valence-corrected chi connectivity index (χ4v) is 5.93. The molecule has 1 amide bonds. The van der Waals surface area contributed by atoms with Crippen LogP contribution in [0.2, 0.25) is 0 Å². The van der Waals surface area contributed by atoms with Gasteiger partial charge in [0.15, 0.2) is 0 Å². The van der Waals surface area contributed by atoms with Gasteiger partial charge in [-0.3, -0.25) is 4.79 Å². The molecule has 2 saturated heterocycles. The first-order valence-corrected chi connectivity index (χ1v) is 12.9. The van der Waals surface area contributed by atoms with Crippen LogP contribution in [0.4, 0.5) is 18.9 Å². The summed E-state index contributed by atoms with van der Waals surface area (Å²) in [6.45, 7) is -2.72. The maximum absolute atomic E-state index is 14.9. The number of primary amides is 1. The van der Waals surface area contributed by atoms with Crippen LogP contribution in [0.1, 0.15) is 66.1 Å². The van der Waals surface area contributed by atoms with Crippen LogP contribution < -0.4 is 15.4 Å². The van der Waals surface area contributed by atoms with Crippen molar-refractivity contribution in [2.75, 3.05) is 4.90 Å². The highest BCUT2D eigenvalue weighted by molar-refractivity contribution is 5.93. The number of nitrogens with zero attached hydrogens (tertiary/aromatic N) is 2. The van der Waals surface area contributed by atoms with Gasteiger partial charge in [-0.25, -0.2) is 4.39 Å². The Morgan fingerprint density at radius 2 is 1.84 bits per heavy atom. The maximum Gasteiger partial charge on any atom is 0.387 e. The standard InChI is InChI=1S/C28H28F3N3O4/c29-22-11-16(27(32)35)7-10-23(22)34-17-8-9-18(34)13-19(12-17)36-14-21-25(33-38-26(21)15-5-6-15)20-3-1-2-4-24(20)37-28(30)31/h1-4,7,10-11,15,17-19,28H,5-6,8-9,12-14H2,(H2,32,35). The molecule has 2 atom stereocenters. The highest BCUT2D eigenvalue weighted by Crippen LogP contribution is 2.46. The van der Waals surface area contributed by atoms with Crippen molar-refractivity contribution in [2.45, 2.75) is 75.8 Å². The second-order valence-electron chi connectivity index (χ2n) is 10.3. The number of hydrogen-bond donors (Lipinski definition) is 1. The van der Waals surface area contributed by atoms with Crippen molar-refractivity contribution in [3.05, 3.63) is 65.2 Å². The Hall–Kier alpha value is -3.53. The third kappa shape index (κ3) is 4.73. The largest absolute Gasteiger partial charge is 0.434 e. The summed E-state index contributed by atoms with van der Waals surface area (Å²) in [6.07, 6.45) is 5.20. The number of aromatic nitrogens is 1. The molecule has 3 aliphatic rings. The number of carbonyl (C=O) groups is 1. The second kappa shape index (κ2) is 9.98. The molecule has 1 aromatic heterocycles. The number of ether oxygens (including phenoxy) is 2. The predicted octanol–water partition coefficient (Wildman–Crippen LogP) is 5.78. The molecule has 1 aliphatic carbocycles. The van der Waals surface area contributed by atoms with E-state index in [0.717, 1.165) is 49.8 Å². The molecule has 2 aliphatic heterocycles. The summed E-state index contributed by atoms with van der Waals surface area (Å²) in [4.78, 5) is 13.5. The number of carbonyl (C=O) groups excluding carboxylic acids is 1. The van der Waals surface area contributed by atoms with Gasteiger partial charge in [0.2, 0.25) is 5.91 Å². The minimum absolute atomic E-state index is 0.0372. The SMILES string of the molecule is NC(=O)c1ccc(N2C3CCC2CC(OCc2c(-c4ccccc4OC(F)F)noc2C2CC2)C3)c(F)c1. The molecular weight excluding hydrogens is 499 g/mol. The Kier molecular flexibility index (Phi) is 6.51. The van der Waals surface area contributed by atoms with E-state index in [0.29, 0.717) is 16.9 Å². The van der Waals surface area contributed by atoms with Crippen molar-refractivity contribution >= 4 is 11.6 Å². The summed E-state index contributed by atoms with van der Waals surface area (Å²) < 4.78 is 57.8. The first-order valence-electron chi connectivity index (χ1n) is 12.9. The van der Waals surface area contributed by atoms with Crippen molar-refractivity contribution in [3.63, 3.8) is 0 Å². The zero-order valence-electron chi connectivity index (χ0n) is 20.6. The number of alkyl halides is 2. The average molecular weight is 528 g/mol. The Balaban J connectivity index is 1.20. The summed E-state index contributed by atoms with van der Waals surface area (Å²) in [5.74, 6) is -0.0839. The normalized spacial score (nSPS) is 22.7. The Morgan fingerprint density at radius 1 is 1.11 bits per heavy atom. The third-order valence-electron chi connectivity index (χ3n) is 7.79. The molecule has 2 bridgehead atoms. The molecule has 3 aromatic rings. The van der Waals surface area contributed by atoms with Gasteiger partial charge in [0.05, 0.1) is 18.4 Å². The van der Waals surface area contributed by atoms with Crippen molar-refractivity contribution in [1.29, 1.82) is 0 Å². The van der Waals surface area contributed by atoms with Crippen LogP contribution in [-0.4, -0.2) is 35.9 Å². The van der Waals surface area contributed by atoms with E-state index < -0.39 is 18.3 Å². The van der Waals surface area contributed by atoms with Gasteiger partial charge in [-0.15, -0.1) is 0 Å². The Labute approximate surface area is 217 Å². The summed E-state index contributed by atoms with van der Waals surface area (Å²) in [7, 11) is 0. The molecule has 0 spiro atoms. The molecule has 200 valence electrons. The molecular formula is C28H28F3N3O4. The van der Waals surface area contributed by atoms with Crippen molar-refractivity contribution in [1.82, 2.24) is 5.16 Å². The van der Waals surface area contributed by atoms with Gasteiger partial charge in [0.1, 0.15) is 23.0 Å². The van der Waals surface area contributed by atoms with Gasteiger partial charge in [-0.1, -0.05) is 17.3 Å². The molecule has 6 rings (SSSR count). The molecule has 3 heterocycles. The van der Waals surface area contributed by atoms with E-state index in [1.165, 1.54) is 12.1 Å². The number of piperidine rings is 1. The highest BCUT2D eigenvalue weighted by Gasteiger charge is 2.42. The Bertz CT molecular complexity index is 1330. The molecule has 2 unspecified atom stereocenters. The van der Waals surface area contributed by atoms with Gasteiger partial charge in [0, 0.05) is 34.7 Å². The van der Waals surface area contributed by atoms with E-state index in [1.807, 2.05) is 0 Å². The minimum Gasteiger partial charge on any atom is -0.434 e. The summed E-state index contributed by atoms with van der Waals surface area (Å²) in [5, 5.41) is 4.24. The molecule has 7 nitrogen and oxygen atoms in total. The number of rotatable bonds is 9.